The van der Waals surface area contributed by atoms with Gasteiger partial charge in [0.25, 0.3) is 0 Å². The minimum absolute atomic E-state index is 0.123. The number of phenols is 1. The van der Waals surface area contributed by atoms with E-state index >= 15 is 0 Å². The van der Waals surface area contributed by atoms with Crippen LogP contribution >= 0.6 is 35.0 Å². The van der Waals surface area contributed by atoms with Crippen molar-refractivity contribution < 1.29 is 9.84 Å². The molecule has 0 amide bonds. The molecule has 0 aliphatic rings. The first kappa shape index (κ1) is 20.5. The van der Waals surface area contributed by atoms with Gasteiger partial charge in [0.15, 0.2) is 5.16 Å². The van der Waals surface area contributed by atoms with Gasteiger partial charge in [-0.1, -0.05) is 48.8 Å². The van der Waals surface area contributed by atoms with E-state index in [1.54, 1.807) is 18.6 Å². The van der Waals surface area contributed by atoms with Crippen LogP contribution < -0.4 is 4.74 Å². The van der Waals surface area contributed by atoms with Crippen LogP contribution in [0.25, 0.3) is 27.8 Å². The van der Waals surface area contributed by atoms with Crippen LogP contribution in [0.3, 0.4) is 0 Å². The van der Waals surface area contributed by atoms with E-state index in [0.717, 1.165) is 11.0 Å². The fraction of sp³-hybridized carbons (Fsp3) is 0.211. The molecule has 3 heterocycles. The summed E-state index contributed by atoms with van der Waals surface area (Å²) in [5.74, 6) is 0.198. The van der Waals surface area contributed by atoms with E-state index in [1.165, 1.54) is 24.9 Å². The largest absolute Gasteiger partial charge is 0.506 e. The van der Waals surface area contributed by atoms with Gasteiger partial charge < -0.3 is 9.84 Å². The molecule has 0 atom stereocenters. The number of benzene rings is 1. The third-order valence-electron chi connectivity index (χ3n) is 4.00. The number of hydrogen-bond acceptors (Lipinski definition) is 6. The number of nitrogens with zero attached hydrogens (tertiary/aromatic N) is 4. The van der Waals surface area contributed by atoms with Gasteiger partial charge in [-0.05, 0) is 12.3 Å². The van der Waals surface area contributed by atoms with Gasteiger partial charge in [-0.15, -0.1) is 0 Å². The quantitative estimate of drug-likeness (QED) is 0.327. The van der Waals surface area contributed by atoms with E-state index in [9.17, 15) is 5.11 Å². The van der Waals surface area contributed by atoms with Crippen molar-refractivity contribution in [1.29, 1.82) is 0 Å². The highest BCUT2D eigenvalue weighted by atomic mass is 35.5. The molecule has 0 aliphatic carbocycles. The van der Waals surface area contributed by atoms with Crippen molar-refractivity contribution in [3.05, 3.63) is 40.8 Å². The highest BCUT2D eigenvalue weighted by molar-refractivity contribution is 7.98. The number of fused-ring (bicyclic) bond motifs is 3. The molecule has 146 valence electrons. The Kier molecular flexibility index (Phi) is 6.17. The molecule has 0 radical (unpaired) electrons. The summed E-state index contributed by atoms with van der Waals surface area (Å²) in [6, 6.07) is 3.24. The maximum absolute atomic E-state index is 10.2. The summed E-state index contributed by atoms with van der Waals surface area (Å²) in [5, 5.41) is 12.0. The van der Waals surface area contributed by atoms with E-state index in [4.69, 9.17) is 27.9 Å². The van der Waals surface area contributed by atoms with Crippen molar-refractivity contribution in [2.75, 3.05) is 13.4 Å². The average molecular weight is 437 g/mol. The summed E-state index contributed by atoms with van der Waals surface area (Å²) < 4.78 is 7.09. The molecule has 0 unspecified atom stereocenters. The first-order valence-electron chi connectivity index (χ1n) is 8.47. The summed E-state index contributed by atoms with van der Waals surface area (Å²) in [5.41, 5.74) is 2.42. The Morgan fingerprint density at radius 2 is 1.86 bits per heavy atom. The van der Waals surface area contributed by atoms with Gasteiger partial charge in [0.2, 0.25) is 0 Å². The number of imidazole rings is 1. The first-order chi connectivity index (χ1) is 13.5. The number of ether oxygens (including phenoxy) is 1. The smallest absolute Gasteiger partial charge is 0.189 e. The molecule has 3 aromatic heterocycles. The van der Waals surface area contributed by atoms with Gasteiger partial charge in [-0.3, -0.25) is 4.40 Å². The number of phenolic OH excluding ortho intramolecular Hbond substituents is 1. The molecule has 4 aromatic rings. The Bertz CT molecular complexity index is 1160. The molecule has 9 heteroatoms. The number of aromatic nitrogens is 4. The second kappa shape index (κ2) is 8.43. The molecule has 6 nitrogen and oxygen atoms in total. The third-order valence-corrected chi connectivity index (χ3v) is 5.32. The van der Waals surface area contributed by atoms with Crippen LogP contribution in [0.15, 0.2) is 35.9 Å². The van der Waals surface area contributed by atoms with E-state index in [2.05, 4.69) is 15.0 Å². The maximum atomic E-state index is 10.2. The van der Waals surface area contributed by atoms with E-state index in [-0.39, 0.29) is 10.8 Å². The highest BCUT2D eigenvalue weighted by Gasteiger charge is 2.21. The number of methoxy groups -OCH3 is 1. The van der Waals surface area contributed by atoms with E-state index in [0.29, 0.717) is 32.7 Å². The van der Waals surface area contributed by atoms with Gasteiger partial charge in [0, 0.05) is 41.2 Å². The Hall–Kier alpha value is -2.22. The zero-order valence-electron chi connectivity index (χ0n) is 15.7. The molecular weight excluding hydrogens is 419 g/mol. The monoisotopic (exact) mass is 436 g/mol. The third kappa shape index (κ3) is 3.34. The van der Waals surface area contributed by atoms with Gasteiger partial charge in [0.05, 0.1) is 17.2 Å². The lowest BCUT2D eigenvalue weighted by Crippen LogP contribution is -1.98. The number of pyridine rings is 1. The molecule has 28 heavy (non-hydrogen) atoms. The fourth-order valence-corrected chi connectivity index (χ4v) is 3.78. The predicted molar refractivity (Wildman–Crippen MR) is 115 cm³/mol. The Morgan fingerprint density at radius 3 is 2.54 bits per heavy atom. The maximum Gasteiger partial charge on any atom is 0.189 e. The molecule has 0 saturated heterocycles. The predicted octanol–water partition coefficient (Wildman–Crippen LogP) is 5.71. The molecule has 4 rings (SSSR count). The summed E-state index contributed by atoms with van der Waals surface area (Å²) in [4.78, 5) is 13.3. The SMILES string of the molecule is CC.COc1cc(O)c(Cl)c(-c2cc3cnc(SC)nc3n3ccnc23)c1Cl. The summed E-state index contributed by atoms with van der Waals surface area (Å²) >= 11 is 14.3. The highest BCUT2D eigenvalue weighted by Crippen LogP contribution is 2.46. The minimum Gasteiger partial charge on any atom is -0.506 e. The van der Waals surface area contributed by atoms with Crippen molar-refractivity contribution in [3.8, 4) is 22.6 Å². The standard InChI is InChI=1S/C17H12Cl2N4O2S.C2H6/c1-25-11-6-10(24)13(18)12(14(11)19)9-5-8-7-21-17(26-2)22-15(8)23-4-3-20-16(9)23;1-2/h3-7,24H,1-2H3;1-2H3. The van der Waals surface area contributed by atoms with Crippen LogP contribution in [0.4, 0.5) is 0 Å². The van der Waals surface area contributed by atoms with Gasteiger partial charge in [0.1, 0.15) is 22.8 Å². The zero-order valence-corrected chi connectivity index (χ0v) is 18.0. The molecule has 0 fully saturated rings. The Morgan fingerprint density at radius 1 is 1.11 bits per heavy atom. The molecule has 1 aromatic carbocycles. The molecule has 0 saturated carbocycles. The molecule has 0 bridgehead atoms. The minimum atomic E-state index is -0.123. The van der Waals surface area contributed by atoms with Crippen LogP contribution in [0.5, 0.6) is 11.5 Å². The molecule has 1 N–H and O–H groups in total. The van der Waals surface area contributed by atoms with Gasteiger partial charge in [-0.25, -0.2) is 15.0 Å². The Balaban J connectivity index is 0.00000109. The zero-order chi connectivity index (χ0) is 20.4. The first-order valence-corrected chi connectivity index (χ1v) is 10.4. The lowest BCUT2D eigenvalue weighted by Gasteiger charge is -2.14. The summed E-state index contributed by atoms with van der Waals surface area (Å²) in [6.45, 7) is 4.00. The topological polar surface area (TPSA) is 72.5 Å². The normalized spacial score (nSPS) is 10.8. The number of aromatic hydroxyl groups is 1. The molecule has 0 spiro atoms. The van der Waals surface area contributed by atoms with Crippen molar-refractivity contribution >= 4 is 51.6 Å². The van der Waals surface area contributed by atoms with Crippen LogP contribution in [0, 0.1) is 0 Å². The van der Waals surface area contributed by atoms with Gasteiger partial charge in [-0.2, -0.15) is 0 Å². The summed E-state index contributed by atoms with van der Waals surface area (Å²) in [6.07, 6.45) is 7.12. The van der Waals surface area contributed by atoms with Crippen molar-refractivity contribution in [2.24, 2.45) is 0 Å². The summed E-state index contributed by atoms with van der Waals surface area (Å²) in [7, 11) is 1.47. The van der Waals surface area contributed by atoms with Crippen molar-refractivity contribution in [2.45, 2.75) is 19.0 Å². The molecule has 0 aliphatic heterocycles. The van der Waals surface area contributed by atoms with E-state index in [1.807, 2.05) is 30.6 Å². The second-order valence-corrected chi connectivity index (χ2v) is 6.94. The number of halogens is 2. The Labute approximate surface area is 176 Å². The second-order valence-electron chi connectivity index (χ2n) is 5.42. The number of rotatable bonds is 3. The average Bonchev–Trinajstić information content (AvgIpc) is 3.22. The van der Waals surface area contributed by atoms with Gasteiger partial charge >= 0.3 is 0 Å². The van der Waals surface area contributed by atoms with Crippen molar-refractivity contribution in [3.63, 3.8) is 0 Å². The van der Waals surface area contributed by atoms with Crippen LogP contribution in [-0.2, 0) is 0 Å². The lowest BCUT2D eigenvalue weighted by molar-refractivity contribution is 0.408. The van der Waals surface area contributed by atoms with Crippen LogP contribution in [-0.4, -0.2) is 37.8 Å². The van der Waals surface area contributed by atoms with Crippen LogP contribution in [0.1, 0.15) is 13.8 Å². The fourth-order valence-electron chi connectivity index (χ4n) is 2.82. The van der Waals surface area contributed by atoms with Crippen molar-refractivity contribution in [1.82, 2.24) is 19.4 Å². The van der Waals surface area contributed by atoms with E-state index < -0.39 is 0 Å². The van der Waals surface area contributed by atoms with Crippen LogP contribution in [0.2, 0.25) is 10.0 Å². The lowest BCUT2D eigenvalue weighted by atomic mass is 10.0. The molecular formula is C19H18Cl2N4O2S. The number of thioether (sulfide) groups is 1. The number of hydrogen-bond donors (Lipinski definition) is 1.